The minimum atomic E-state index is 0.525. The van der Waals surface area contributed by atoms with Crippen molar-refractivity contribution in [3.8, 4) is 0 Å². The number of nitrogens with zero attached hydrogens (tertiary/aromatic N) is 1. The van der Waals surface area contributed by atoms with E-state index in [-0.39, 0.29) is 0 Å². The fraction of sp³-hybridized carbons (Fsp3) is 0.588. The quantitative estimate of drug-likeness (QED) is 0.622. The predicted molar refractivity (Wildman–Crippen MR) is 96.6 cm³/mol. The van der Waals surface area contributed by atoms with Crippen LogP contribution in [0.15, 0.2) is 24.3 Å². The summed E-state index contributed by atoms with van der Waals surface area (Å²) in [5.74, 6) is 0.525. The molecule has 1 aromatic rings. The van der Waals surface area contributed by atoms with Crippen molar-refractivity contribution in [1.29, 1.82) is 0 Å². The van der Waals surface area contributed by atoms with Crippen molar-refractivity contribution < 1.29 is 4.74 Å². The molecule has 1 aromatic carbocycles. The van der Waals surface area contributed by atoms with E-state index in [0.717, 1.165) is 51.5 Å². The van der Waals surface area contributed by atoms with E-state index in [1.807, 2.05) is 6.07 Å². The van der Waals surface area contributed by atoms with Crippen LogP contribution in [-0.2, 0) is 4.74 Å². The highest BCUT2D eigenvalue weighted by molar-refractivity contribution is 7.80. The lowest BCUT2D eigenvalue weighted by atomic mass is 10.0. The van der Waals surface area contributed by atoms with Gasteiger partial charge < -0.3 is 15.4 Å². The maximum atomic E-state index is 5.36. The fourth-order valence-electron chi connectivity index (χ4n) is 2.48. The lowest BCUT2D eigenvalue weighted by Crippen LogP contribution is -2.38. The lowest BCUT2D eigenvalue weighted by Gasteiger charge is -2.26. The van der Waals surface area contributed by atoms with Crippen LogP contribution in [-0.4, -0.2) is 49.4 Å². The Morgan fingerprint density at radius 1 is 1.32 bits per heavy atom. The molecule has 1 saturated heterocycles. The van der Waals surface area contributed by atoms with Gasteiger partial charge in [-0.2, -0.15) is 0 Å². The Hall–Kier alpha value is -1.17. The molecular formula is C17H27N3OS. The molecule has 0 spiro atoms. The zero-order valence-corrected chi connectivity index (χ0v) is 14.4. The molecular weight excluding hydrogens is 294 g/mol. The second-order valence-electron chi connectivity index (χ2n) is 5.97. The van der Waals surface area contributed by atoms with Gasteiger partial charge in [0.2, 0.25) is 0 Å². The third kappa shape index (κ3) is 5.91. The van der Waals surface area contributed by atoms with Crippen LogP contribution in [0.5, 0.6) is 0 Å². The van der Waals surface area contributed by atoms with Crippen LogP contribution < -0.4 is 10.6 Å². The Morgan fingerprint density at radius 2 is 2.09 bits per heavy atom. The van der Waals surface area contributed by atoms with E-state index in [2.05, 4.69) is 47.6 Å². The normalized spacial score (nSPS) is 15.8. The summed E-state index contributed by atoms with van der Waals surface area (Å²) >= 11 is 5.36. The average Bonchev–Trinajstić information content (AvgIpc) is 2.53. The number of morpholine rings is 1. The van der Waals surface area contributed by atoms with Gasteiger partial charge in [0.05, 0.1) is 13.2 Å². The molecule has 0 amide bonds. The lowest BCUT2D eigenvalue weighted by molar-refractivity contribution is 0.0376. The van der Waals surface area contributed by atoms with Crippen LogP contribution in [0.3, 0.4) is 0 Å². The molecule has 0 unspecified atom stereocenters. The SMILES string of the molecule is CC(C)c1cccc(NC(=S)NCCCN2CCOCC2)c1. The molecule has 5 heteroatoms. The van der Waals surface area contributed by atoms with Gasteiger partial charge in [-0.3, -0.25) is 4.90 Å². The van der Waals surface area contributed by atoms with E-state index in [1.165, 1.54) is 5.56 Å². The fourth-order valence-corrected chi connectivity index (χ4v) is 2.70. The number of hydrogen-bond donors (Lipinski definition) is 2. The average molecular weight is 321 g/mol. The Balaban J connectivity index is 1.66. The molecule has 122 valence electrons. The summed E-state index contributed by atoms with van der Waals surface area (Å²) in [5, 5.41) is 7.24. The molecule has 0 bridgehead atoms. The molecule has 0 aromatic heterocycles. The number of ether oxygens (including phenoxy) is 1. The zero-order chi connectivity index (χ0) is 15.8. The van der Waals surface area contributed by atoms with Gasteiger partial charge in [0, 0.05) is 25.3 Å². The molecule has 1 aliphatic heterocycles. The van der Waals surface area contributed by atoms with E-state index >= 15 is 0 Å². The highest BCUT2D eigenvalue weighted by atomic mass is 32.1. The first-order chi connectivity index (χ1) is 10.6. The summed E-state index contributed by atoms with van der Waals surface area (Å²) in [5.41, 5.74) is 2.37. The van der Waals surface area contributed by atoms with Crippen molar-refractivity contribution in [2.45, 2.75) is 26.2 Å². The Labute approximate surface area is 139 Å². The molecule has 1 fully saturated rings. The number of hydrogen-bond acceptors (Lipinski definition) is 3. The molecule has 0 radical (unpaired) electrons. The smallest absolute Gasteiger partial charge is 0.170 e. The van der Waals surface area contributed by atoms with E-state index in [9.17, 15) is 0 Å². The number of rotatable bonds is 6. The van der Waals surface area contributed by atoms with Crippen LogP contribution in [0.1, 0.15) is 31.7 Å². The summed E-state index contributed by atoms with van der Waals surface area (Å²) in [6.07, 6.45) is 1.09. The zero-order valence-electron chi connectivity index (χ0n) is 13.6. The number of thiocarbonyl (C=S) groups is 1. The van der Waals surface area contributed by atoms with Crippen molar-refractivity contribution in [3.63, 3.8) is 0 Å². The largest absolute Gasteiger partial charge is 0.379 e. The molecule has 0 saturated carbocycles. The molecule has 0 aliphatic carbocycles. The maximum Gasteiger partial charge on any atom is 0.170 e. The summed E-state index contributed by atoms with van der Waals surface area (Å²) < 4.78 is 5.35. The van der Waals surface area contributed by atoms with Gasteiger partial charge in [-0.1, -0.05) is 26.0 Å². The molecule has 2 rings (SSSR count). The van der Waals surface area contributed by atoms with Crippen LogP contribution in [0.4, 0.5) is 5.69 Å². The van der Waals surface area contributed by atoms with Crippen LogP contribution in [0.25, 0.3) is 0 Å². The van der Waals surface area contributed by atoms with Crippen molar-refractivity contribution in [2.24, 2.45) is 0 Å². The minimum absolute atomic E-state index is 0.525. The van der Waals surface area contributed by atoms with Gasteiger partial charge in [0.25, 0.3) is 0 Å². The minimum Gasteiger partial charge on any atom is -0.379 e. The van der Waals surface area contributed by atoms with Gasteiger partial charge in [-0.05, 0) is 48.8 Å². The van der Waals surface area contributed by atoms with Gasteiger partial charge in [0.15, 0.2) is 5.11 Å². The third-order valence-corrected chi connectivity index (χ3v) is 4.10. The molecule has 1 aliphatic rings. The number of nitrogens with one attached hydrogen (secondary N) is 2. The van der Waals surface area contributed by atoms with E-state index in [0.29, 0.717) is 11.0 Å². The highest BCUT2D eigenvalue weighted by Crippen LogP contribution is 2.18. The van der Waals surface area contributed by atoms with E-state index in [4.69, 9.17) is 17.0 Å². The van der Waals surface area contributed by atoms with Crippen LogP contribution in [0.2, 0.25) is 0 Å². The molecule has 0 atom stereocenters. The number of benzene rings is 1. The number of anilines is 1. The van der Waals surface area contributed by atoms with Gasteiger partial charge in [-0.15, -0.1) is 0 Å². The molecule has 4 nitrogen and oxygen atoms in total. The second kappa shape index (κ2) is 9.08. The first-order valence-corrected chi connectivity index (χ1v) is 8.51. The molecule has 1 heterocycles. The Kier molecular flexibility index (Phi) is 7.09. The summed E-state index contributed by atoms with van der Waals surface area (Å²) in [6, 6.07) is 8.42. The van der Waals surface area contributed by atoms with Crippen LogP contribution in [0, 0.1) is 0 Å². The topological polar surface area (TPSA) is 36.5 Å². The second-order valence-corrected chi connectivity index (χ2v) is 6.38. The van der Waals surface area contributed by atoms with E-state index < -0.39 is 0 Å². The summed E-state index contributed by atoms with van der Waals surface area (Å²) in [7, 11) is 0. The van der Waals surface area contributed by atoms with Crippen molar-refractivity contribution in [1.82, 2.24) is 10.2 Å². The highest BCUT2D eigenvalue weighted by Gasteiger charge is 2.09. The first kappa shape index (κ1) is 17.2. The van der Waals surface area contributed by atoms with Crippen molar-refractivity contribution in [3.05, 3.63) is 29.8 Å². The third-order valence-electron chi connectivity index (χ3n) is 3.85. The Morgan fingerprint density at radius 3 is 2.82 bits per heavy atom. The van der Waals surface area contributed by atoms with Crippen molar-refractivity contribution in [2.75, 3.05) is 44.7 Å². The molecule has 22 heavy (non-hydrogen) atoms. The summed E-state index contributed by atoms with van der Waals surface area (Å²) in [6.45, 7) is 10.2. The predicted octanol–water partition coefficient (Wildman–Crippen LogP) is 2.82. The van der Waals surface area contributed by atoms with E-state index in [1.54, 1.807) is 0 Å². The van der Waals surface area contributed by atoms with Gasteiger partial charge in [0.1, 0.15) is 0 Å². The molecule has 2 N–H and O–H groups in total. The Bertz CT molecular complexity index is 473. The summed E-state index contributed by atoms with van der Waals surface area (Å²) in [4.78, 5) is 2.44. The monoisotopic (exact) mass is 321 g/mol. The standard InChI is InChI=1S/C17H27N3OS/c1-14(2)15-5-3-6-16(13-15)19-17(22)18-7-4-8-20-9-11-21-12-10-20/h3,5-6,13-14H,4,7-12H2,1-2H3,(H2,18,19,22). The first-order valence-electron chi connectivity index (χ1n) is 8.10. The van der Waals surface area contributed by atoms with Crippen molar-refractivity contribution >= 4 is 23.0 Å². The van der Waals surface area contributed by atoms with Gasteiger partial charge in [-0.25, -0.2) is 0 Å². The maximum absolute atomic E-state index is 5.36. The van der Waals surface area contributed by atoms with Crippen LogP contribution >= 0.6 is 12.2 Å². The van der Waals surface area contributed by atoms with Gasteiger partial charge >= 0.3 is 0 Å².